The number of aromatic nitrogens is 1. The van der Waals surface area contributed by atoms with Gasteiger partial charge >= 0.3 is 0 Å². The molecule has 90 valence electrons. The van der Waals surface area contributed by atoms with Gasteiger partial charge in [0.25, 0.3) is 0 Å². The van der Waals surface area contributed by atoms with Gasteiger partial charge in [0.15, 0.2) is 0 Å². The van der Waals surface area contributed by atoms with Crippen molar-refractivity contribution in [2.75, 3.05) is 11.1 Å². The minimum absolute atomic E-state index is 0.694. The van der Waals surface area contributed by atoms with Gasteiger partial charge in [0.1, 0.15) is 0 Å². The molecule has 0 aliphatic carbocycles. The van der Waals surface area contributed by atoms with Crippen molar-refractivity contribution in [3.63, 3.8) is 0 Å². The molecule has 0 amide bonds. The summed E-state index contributed by atoms with van der Waals surface area (Å²) in [5.41, 5.74) is 9.56. The maximum atomic E-state index is 5.91. The smallest absolute Gasteiger partial charge is 0.0952 e. The Morgan fingerprint density at radius 2 is 2.17 bits per heavy atom. The van der Waals surface area contributed by atoms with Gasteiger partial charge in [-0.1, -0.05) is 12.1 Å². The van der Waals surface area contributed by atoms with Crippen LogP contribution in [0.25, 0.3) is 10.9 Å². The standard InChI is InChI=1S/C14H13N3O/c15-12-3-1-2-11-13(4-6-16-14(11)12)17-8-10-5-7-18-9-10/h1-7,9H,8,15H2,(H,16,17). The summed E-state index contributed by atoms with van der Waals surface area (Å²) in [6.45, 7) is 0.713. The van der Waals surface area contributed by atoms with Crippen molar-refractivity contribution in [3.8, 4) is 0 Å². The Hall–Kier alpha value is -2.49. The number of fused-ring (bicyclic) bond motifs is 1. The molecule has 3 rings (SSSR count). The fraction of sp³-hybridized carbons (Fsp3) is 0.0714. The monoisotopic (exact) mass is 239 g/mol. The number of rotatable bonds is 3. The molecule has 1 aromatic carbocycles. The molecule has 18 heavy (non-hydrogen) atoms. The number of nitrogens with one attached hydrogen (secondary N) is 1. The Morgan fingerprint density at radius 1 is 1.22 bits per heavy atom. The van der Waals surface area contributed by atoms with E-state index >= 15 is 0 Å². The van der Waals surface area contributed by atoms with Gasteiger partial charge in [0.2, 0.25) is 0 Å². The van der Waals surface area contributed by atoms with Gasteiger partial charge in [0.05, 0.1) is 23.7 Å². The quantitative estimate of drug-likeness (QED) is 0.689. The van der Waals surface area contributed by atoms with Crippen LogP contribution in [0.2, 0.25) is 0 Å². The SMILES string of the molecule is Nc1cccc2c(NCc3ccoc3)ccnc12. The van der Waals surface area contributed by atoms with Gasteiger partial charge < -0.3 is 15.5 Å². The molecule has 0 unspecified atom stereocenters. The summed E-state index contributed by atoms with van der Waals surface area (Å²) in [6.07, 6.45) is 5.15. The second-order valence-electron chi connectivity index (χ2n) is 4.09. The third kappa shape index (κ3) is 1.88. The van der Waals surface area contributed by atoms with Crippen LogP contribution in [0, 0.1) is 0 Å². The summed E-state index contributed by atoms with van der Waals surface area (Å²) in [4.78, 5) is 4.30. The molecular weight excluding hydrogens is 226 g/mol. The summed E-state index contributed by atoms with van der Waals surface area (Å²) in [7, 11) is 0. The lowest BCUT2D eigenvalue weighted by atomic mass is 10.1. The minimum Gasteiger partial charge on any atom is -0.472 e. The van der Waals surface area contributed by atoms with Gasteiger partial charge in [-0.25, -0.2) is 0 Å². The number of anilines is 2. The number of para-hydroxylation sites is 1. The molecule has 0 bridgehead atoms. The maximum Gasteiger partial charge on any atom is 0.0952 e. The van der Waals surface area contributed by atoms with E-state index in [-0.39, 0.29) is 0 Å². The number of pyridine rings is 1. The zero-order valence-electron chi connectivity index (χ0n) is 9.76. The van der Waals surface area contributed by atoms with Crippen LogP contribution in [0.3, 0.4) is 0 Å². The van der Waals surface area contributed by atoms with E-state index in [9.17, 15) is 0 Å². The fourth-order valence-electron chi connectivity index (χ4n) is 1.94. The van der Waals surface area contributed by atoms with Crippen LogP contribution in [0.4, 0.5) is 11.4 Å². The second-order valence-corrected chi connectivity index (χ2v) is 4.09. The van der Waals surface area contributed by atoms with Crippen LogP contribution < -0.4 is 11.1 Å². The van der Waals surface area contributed by atoms with Crippen LogP contribution in [0.1, 0.15) is 5.56 Å². The van der Waals surface area contributed by atoms with Crippen molar-refractivity contribution in [1.29, 1.82) is 0 Å². The van der Waals surface area contributed by atoms with Crippen molar-refractivity contribution < 1.29 is 4.42 Å². The van der Waals surface area contributed by atoms with Crippen molar-refractivity contribution in [2.24, 2.45) is 0 Å². The highest BCUT2D eigenvalue weighted by Crippen LogP contribution is 2.25. The number of hydrogen-bond donors (Lipinski definition) is 2. The molecule has 0 aliphatic heterocycles. The van der Waals surface area contributed by atoms with E-state index in [1.165, 1.54) is 0 Å². The molecule has 0 fully saturated rings. The summed E-state index contributed by atoms with van der Waals surface area (Å²) < 4.78 is 5.04. The predicted octanol–water partition coefficient (Wildman–Crippen LogP) is 3.02. The molecule has 0 spiro atoms. The number of nitrogen functional groups attached to an aromatic ring is 1. The van der Waals surface area contributed by atoms with Crippen LogP contribution in [0.5, 0.6) is 0 Å². The van der Waals surface area contributed by atoms with Crippen molar-refractivity contribution >= 4 is 22.3 Å². The van der Waals surface area contributed by atoms with Crippen molar-refractivity contribution in [3.05, 3.63) is 54.6 Å². The molecule has 0 saturated heterocycles. The molecular formula is C14H13N3O. The number of hydrogen-bond acceptors (Lipinski definition) is 4. The van der Waals surface area contributed by atoms with Crippen molar-refractivity contribution in [1.82, 2.24) is 4.98 Å². The molecule has 2 aromatic heterocycles. The van der Waals surface area contributed by atoms with Crippen LogP contribution in [-0.4, -0.2) is 4.98 Å². The van der Waals surface area contributed by atoms with E-state index in [2.05, 4.69) is 10.3 Å². The Bertz CT molecular complexity index is 662. The summed E-state index contributed by atoms with van der Waals surface area (Å²) in [6, 6.07) is 9.68. The first-order chi connectivity index (χ1) is 8.84. The molecule has 0 radical (unpaired) electrons. The Morgan fingerprint density at radius 3 is 3.00 bits per heavy atom. The Labute approximate surface area is 104 Å². The Balaban J connectivity index is 1.94. The molecule has 3 N–H and O–H groups in total. The number of nitrogens with two attached hydrogens (primary N) is 1. The molecule has 0 saturated carbocycles. The van der Waals surface area contributed by atoms with E-state index in [1.54, 1.807) is 18.7 Å². The molecule has 0 atom stereocenters. The van der Waals surface area contributed by atoms with E-state index in [4.69, 9.17) is 10.2 Å². The van der Waals surface area contributed by atoms with Crippen LogP contribution >= 0.6 is 0 Å². The zero-order valence-corrected chi connectivity index (χ0v) is 9.76. The van der Waals surface area contributed by atoms with E-state index < -0.39 is 0 Å². The number of furan rings is 1. The van der Waals surface area contributed by atoms with Gasteiger partial charge in [0, 0.05) is 29.4 Å². The topological polar surface area (TPSA) is 64.1 Å². The number of benzene rings is 1. The summed E-state index contributed by atoms with van der Waals surface area (Å²) >= 11 is 0. The highest BCUT2D eigenvalue weighted by molar-refractivity contribution is 5.97. The van der Waals surface area contributed by atoms with Crippen molar-refractivity contribution in [2.45, 2.75) is 6.54 Å². The minimum atomic E-state index is 0.694. The molecule has 3 aromatic rings. The normalized spacial score (nSPS) is 10.7. The lowest BCUT2D eigenvalue weighted by Crippen LogP contribution is -2.00. The van der Waals surface area contributed by atoms with Crippen LogP contribution in [0.15, 0.2) is 53.5 Å². The van der Waals surface area contributed by atoms with Gasteiger partial charge in [-0.2, -0.15) is 0 Å². The van der Waals surface area contributed by atoms with Gasteiger partial charge in [-0.3, -0.25) is 4.98 Å². The first-order valence-electron chi connectivity index (χ1n) is 5.73. The average molecular weight is 239 g/mol. The summed E-state index contributed by atoms with van der Waals surface area (Å²) in [5.74, 6) is 0. The van der Waals surface area contributed by atoms with Gasteiger partial charge in [-0.15, -0.1) is 0 Å². The summed E-state index contributed by atoms with van der Waals surface area (Å²) in [5, 5.41) is 4.39. The van der Waals surface area contributed by atoms with E-state index in [1.807, 2.05) is 30.3 Å². The van der Waals surface area contributed by atoms with Crippen LogP contribution in [-0.2, 0) is 6.54 Å². The zero-order chi connectivity index (χ0) is 12.4. The molecule has 2 heterocycles. The van der Waals surface area contributed by atoms with Gasteiger partial charge in [-0.05, 0) is 18.2 Å². The lowest BCUT2D eigenvalue weighted by molar-refractivity contribution is 0.564. The Kier molecular flexibility index (Phi) is 2.61. The first-order valence-corrected chi connectivity index (χ1v) is 5.73. The molecule has 0 aliphatic rings. The molecule has 4 heteroatoms. The van der Waals surface area contributed by atoms with E-state index in [0.717, 1.165) is 22.2 Å². The highest BCUT2D eigenvalue weighted by atomic mass is 16.3. The predicted molar refractivity (Wildman–Crippen MR) is 72.2 cm³/mol. The largest absolute Gasteiger partial charge is 0.472 e. The second kappa shape index (κ2) is 4.41. The van der Waals surface area contributed by atoms with E-state index in [0.29, 0.717) is 12.2 Å². The molecule has 4 nitrogen and oxygen atoms in total. The first kappa shape index (κ1) is 10.7. The lowest BCUT2D eigenvalue weighted by Gasteiger charge is -2.09. The average Bonchev–Trinajstić information content (AvgIpc) is 2.90. The number of nitrogens with zero attached hydrogens (tertiary/aromatic N) is 1. The third-order valence-electron chi connectivity index (χ3n) is 2.87. The highest BCUT2D eigenvalue weighted by Gasteiger charge is 2.04. The fourth-order valence-corrected chi connectivity index (χ4v) is 1.94. The third-order valence-corrected chi connectivity index (χ3v) is 2.87. The maximum absolute atomic E-state index is 5.91.